The topological polar surface area (TPSA) is 63.6 Å². The fourth-order valence-corrected chi connectivity index (χ4v) is 1.30. The standard InChI is InChI=1S/C12H10ClFO4/c1-2-18-12(17)11(16)6-10(15)7-3-4-9(14)8(13)5-7/h3-6,15H,2H2,1H3. The van der Waals surface area contributed by atoms with Gasteiger partial charge in [0.15, 0.2) is 0 Å². The third-order valence-electron chi connectivity index (χ3n) is 1.96. The number of rotatable bonds is 4. The number of ketones is 1. The first-order chi connectivity index (χ1) is 8.45. The van der Waals surface area contributed by atoms with E-state index in [4.69, 9.17) is 11.6 Å². The zero-order valence-electron chi connectivity index (χ0n) is 9.44. The Morgan fingerprint density at radius 1 is 1.50 bits per heavy atom. The molecule has 0 saturated carbocycles. The summed E-state index contributed by atoms with van der Waals surface area (Å²) in [5.41, 5.74) is 0.124. The first kappa shape index (κ1) is 14.2. The summed E-state index contributed by atoms with van der Waals surface area (Å²) in [5, 5.41) is 9.38. The molecule has 0 aliphatic carbocycles. The van der Waals surface area contributed by atoms with E-state index in [0.29, 0.717) is 6.08 Å². The number of esters is 1. The van der Waals surface area contributed by atoms with Crippen molar-refractivity contribution in [2.45, 2.75) is 6.92 Å². The molecule has 0 saturated heterocycles. The number of ether oxygens (including phenoxy) is 1. The summed E-state index contributed by atoms with van der Waals surface area (Å²) >= 11 is 5.52. The zero-order chi connectivity index (χ0) is 13.7. The van der Waals surface area contributed by atoms with Gasteiger partial charge in [0.2, 0.25) is 0 Å². The molecule has 96 valence electrons. The second kappa shape index (κ2) is 6.16. The minimum atomic E-state index is -1.07. The van der Waals surface area contributed by atoms with Crippen molar-refractivity contribution < 1.29 is 23.8 Å². The van der Waals surface area contributed by atoms with Crippen LogP contribution < -0.4 is 0 Å². The molecule has 0 heterocycles. The minimum Gasteiger partial charge on any atom is -0.507 e. The fourth-order valence-electron chi connectivity index (χ4n) is 1.12. The maximum absolute atomic E-state index is 12.9. The van der Waals surface area contributed by atoms with Crippen molar-refractivity contribution in [3.05, 3.63) is 40.7 Å². The summed E-state index contributed by atoms with van der Waals surface area (Å²) in [6.45, 7) is 1.61. The lowest BCUT2D eigenvalue weighted by atomic mass is 10.1. The number of carbonyl (C=O) groups is 2. The average molecular weight is 273 g/mol. The van der Waals surface area contributed by atoms with E-state index in [2.05, 4.69) is 4.74 Å². The Kier molecular flexibility index (Phi) is 4.85. The van der Waals surface area contributed by atoms with E-state index in [0.717, 1.165) is 12.1 Å². The lowest BCUT2D eigenvalue weighted by molar-refractivity contribution is -0.151. The average Bonchev–Trinajstić information content (AvgIpc) is 2.32. The van der Waals surface area contributed by atoms with Crippen LogP contribution in [0.4, 0.5) is 4.39 Å². The molecule has 1 aromatic rings. The van der Waals surface area contributed by atoms with Crippen molar-refractivity contribution in [1.82, 2.24) is 0 Å². The predicted molar refractivity (Wildman–Crippen MR) is 63.7 cm³/mol. The Labute approximate surface area is 108 Å². The molecule has 0 fully saturated rings. The summed E-state index contributed by atoms with van der Waals surface area (Å²) in [5.74, 6) is -3.22. The van der Waals surface area contributed by atoms with Gasteiger partial charge in [-0.25, -0.2) is 9.18 Å². The molecule has 0 bridgehead atoms. The summed E-state index contributed by atoms with van der Waals surface area (Å²) in [6, 6.07) is 3.41. The van der Waals surface area contributed by atoms with Crippen LogP contribution >= 0.6 is 11.6 Å². The highest BCUT2D eigenvalue weighted by Gasteiger charge is 2.14. The van der Waals surface area contributed by atoms with Gasteiger partial charge in [0.05, 0.1) is 11.6 Å². The van der Waals surface area contributed by atoms with Gasteiger partial charge < -0.3 is 9.84 Å². The van der Waals surface area contributed by atoms with Crippen molar-refractivity contribution in [3.63, 3.8) is 0 Å². The van der Waals surface area contributed by atoms with Crippen LogP contribution in [0.1, 0.15) is 12.5 Å². The maximum Gasteiger partial charge on any atom is 0.379 e. The highest BCUT2D eigenvalue weighted by molar-refractivity contribution is 6.39. The second-order valence-corrected chi connectivity index (χ2v) is 3.65. The SMILES string of the molecule is CCOC(=O)C(=O)C=C(O)c1ccc(F)c(Cl)c1. The maximum atomic E-state index is 12.9. The van der Waals surface area contributed by atoms with Gasteiger partial charge in [-0.05, 0) is 25.1 Å². The number of carbonyl (C=O) groups excluding carboxylic acids is 2. The van der Waals surface area contributed by atoms with Gasteiger partial charge in [-0.15, -0.1) is 0 Å². The molecule has 1 N–H and O–H groups in total. The quantitative estimate of drug-likeness (QED) is 0.396. The van der Waals surface area contributed by atoms with Crippen LogP contribution in [0, 0.1) is 5.82 Å². The monoisotopic (exact) mass is 272 g/mol. The number of hydrogen-bond acceptors (Lipinski definition) is 4. The van der Waals surface area contributed by atoms with E-state index >= 15 is 0 Å². The van der Waals surface area contributed by atoms with Crippen LogP contribution in [0.2, 0.25) is 5.02 Å². The van der Waals surface area contributed by atoms with Crippen LogP contribution in [0.25, 0.3) is 5.76 Å². The van der Waals surface area contributed by atoms with E-state index in [1.807, 2.05) is 0 Å². The van der Waals surface area contributed by atoms with E-state index in [1.165, 1.54) is 6.07 Å². The molecule has 1 rings (SSSR count). The van der Waals surface area contributed by atoms with Crippen molar-refractivity contribution in [2.75, 3.05) is 6.61 Å². The molecule has 4 nitrogen and oxygen atoms in total. The third kappa shape index (κ3) is 3.56. The van der Waals surface area contributed by atoms with Gasteiger partial charge in [0.1, 0.15) is 11.6 Å². The molecular weight excluding hydrogens is 263 g/mol. The summed E-state index contributed by atoms with van der Waals surface area (Å²) in [4.78, 5) is 22.3. The molecule has 0 aliphatic heterocycles. The van der Waals surface area contributed by atoms with Crippen LogP contribution in [0.3, 0.4) is 0 Å². The van der Waals surface area contributed by atoms with Gasteiger partial charge in [-0.3, -0.25) is 4.79 Å². The number of halogens is 2. The lowest BCUT2D eigenvalue weighted by Crippen LogP contribution is -2.15. The van der Waals surface area contributed by atoms with E-state index in [9.17, 15) is 19.1 Å². The Morgan fingerprint density at radius 3 is 2.72 bits per heavy atom. The molecular formula is C12H10ClFO4. The molecule has 0 amide bonds. The fraction of sp³-hybridized carbons (Fsp3) is 0.167. The number of hydrogen-bond donors (Lipinski definition) is 1. The van der Waals surface area contributed by atoms with Crippen molar-refractivity contribution >= 4 is 29.1 Å². The summed E-state index contributed by atoms with van der Waals surface area (Å²) in [6.07, 6.45) is 0.696. The summed E-state index contributed by atoms with van der Waals surface area (Å²) in [7, 11) is 0. The Morgan fingerprint density at radius 2 is 2.17 bits per heavy atom. The molecule has 0 radical (unpaired) electrons. The largest absolute Gasteiger partial charge is 0.507 e. The number of benzene rings is 1. The van der Waals surface area contributed by atoms with Crippen LogP contribution in [-0.2, 0) is 14.3 Å². The first-order valence-electron chi connectivity index (χ1n) is 5.03. The highest BCUT2D eigenvalue weighted by Crippen LogP contribution is 2.20. The summed E-state index contributed by atoms with van der Waals surface area (Å²) < 4.78 is 17.3. The Balaban J connectivity index is 2.92. The molecule has 0 aromatic heterocycles. The van der Waals surface area contributed by atoms with E-state index in [1.54, 1.807) is 6.92 Å². The van der Waals surface area contributed by atoms with Crippen LogP contribution in [0.15, 0.2) is 24.3 Å². The molecule has 0 aliphatic rings. The van der Waals surface area contributed by atoms with E-state index < -0.39 is 23.3 Å². The Hall–Kier alpha value is -1.88. The smallest absolute Gasteiger partial charge is 0.379 e. The number of aliphatic hydroxyl groups is 1. The van der Waals surface area contributed by atoms with Crippen molar-refractivity contribution in [2.24, 2.45) is 0 Å². The molecule has 6 heteroatoms. The Bertz CT molecular complexity index is 511. The third-order valence-corrected chi connectivity index (χ3v) is 2.25. The van der Waals surface area contributed by atoms with Gasteiger partial charge in [0, 0.05) is 11.6 Å². The lowest BCUT2D eigenvalue weighted by Gasteiger charge is -2.02. The highest BCUT2D eigenvalue weighted by atomic mass is 35.5. The molecule has 18 heavy (non-hydrogen) atoms. The minimum absolute atomic E-state index is 0.0571. The van der Waals surface area contributed by atoms with Crippen LogP contribution in [0.5, 0.6) is 0 Å². The molecule has 0 unspecified atom stereocenters. The van der Waals surface area contributed by atoms with Gasteiger partial charge in [0.25, 0.3) is 5.78 Å². The van der Waals surface area contributed by atoms with E-state index in [-0.39, 0.29) is 17.2 Å². The van der Waals surface area contributed by atoms with Crippen LogP contribution in [-0.4, -0.2) is 23.5 Å². The molecule has 0 spiro atoms. The van der Waals surface area contributed by atoms with Gasteiger partial charge >= 0.3 is 5.97 Å². The van der Waals surface area contributed by atoms with Gasteiger partial charge in [-0.2, -0.15) is 0 Å². The number of aliphatic hydroxyl groups excluding tert-OH is 1. The molecule has 1 aromatic carbocycles. The van der Waals surface area contributed by atoms with Gasteiger partial charge in [-0.1, -0.05) is 11.6 Å². The zero-order valence-corrected chi connectivity index (χ0v) is 10.2. The molecule has 0 atom stereocenters. The predicted octanol–water partition coefficient (Wildman–Crippen LogP) is 2.51. The van der Waals surface area contributed by atoms with Crippen molar-refractivity contribution in [3.8, 4) is 0 Å². The second-order valence-electron chi connectivity index (χ2n) is 3.24. The normalized spacial score (nSPS) is 11.2. The first-order valence-corrected chi connectivity index (χ1v) is 5.40. The van der Waals surface area contributed by atoms with Crippen molar-refractivity contribution in [1.29, 1.82) is 0 Å².